The van der Waals surface area contributed by atoms with Gasteiger partial charge in [0.1, 0.15) is 0 Å². The van der Waals surface area contributed by atoms with Gasteiger partial charge in [-0.15, -0.1) is 0 Å². The number of rotatable bonds is 5. The lowest BCUT2D eigenvalue weighted by atomic mass is 10.0. The number of nitrogens with zero attached hydrogens (tertiary/aromatic N) is 3. The average molecular weight is 419 g/mol. The minimum atomic E-state index is 0.0622. The highest BCUT2D eigenvalue weighted by atomic mass is 16.5. The van der Waals surface area contributed by atoms with Gasteiger partial charge in [0.2, 0.25) is 17.6 Å². The Morgan fingerprint density at radius 3 is 2.74 bits per heavy atom. The van der Waals surface area contributed by atoms with Gasteiger partial charge in [-0.3, -0.25) is 4.79 Å². The third-order valence-corrected chi connectivity index (χ3v) is 5.78. The van der Waals surface area contributed by atoms with E-state index in [0.29, 0.717) is 37.8 Å². The number of fused-ring (bicyclic) bond motifs is 1. The van der Waals surface area contributed by atoms with Crippen molar-refractivity contribution in [2.24, 2.45) is 0 Å². The Balaban J connectivity index is 1.24. The molecule has 1 atom stereocenters. The first-order valence-electron chi connectivity index (χ1n) is 10.8. The van der Waals surface area contributed by atoms with E-state index in [-0.39, 0.29) is 11.9 Å². The first kappa shape index (κ1) is 19.6. The van der Waals surface area contributed by atoms with Crippen LogP contribution in [0.2, 0.25) is 0 Å². The molecule has 0 bridgehead atoms. The minimum Gasteiger partial charge on any atom is -0.490 e. The number of carbonyl (C=O) groups is 1. The predicted octanol–water partition coefficient (Wildman–Crippen LogP) is 4.19. The molecule has 1 amide bonds. The lowest BCUT2D eigenvalue weighted by molar-refractivity contribution is -0.132. The number of carbonyl (C=O) groups excluding carboxylic acids is 1. The van der Waals surface area contributed by atoms with Crippen molar-refractivity contribution in [2.45, 2.75) is 38.1 Å². The quantitative estimate of drug-likeness (QED) is 0.617. The molecule has 3 heterocycles. The van der Waals surface area contributed by atoms with Crippen molar-refractivity contribution in [3.63, 3.8) is 0 Å². The smallest absolute Gasteiger partial charge is 0.227 e. The molecule has 2 aliphatic rings. The standard InChI is InChI=1S/C24H25N3O4/c28-23(12-11-22-25-24(26-31-22)17-6-2-1-3-7-17)27-13-4-8-19(27)18-9-10-20-21(16-18)30-15-5-14-29-20/h1-3,6-7,9-10,16,19H,4-5,8,11-15H2/t19-/m1/s1. The summed E-state index contributed by atoms with van der Waals surface area (Å²) in [5.41, 5.74) is 2.00. The molecular formula is C24H25N3O4. The lowest BCUT2D eigenvalue weighted by Crippen LogP contribution is -2.30. The first-order valence-corrected chi connectivity index (χ1v) is 10.8. The summed E-state index contributed by atoms with van der Waals surface area (Å²) in [6.07, 6.45) is 3.59. The van der Waals surface area contributed by atoms with Crippen LogP contribution in [0, 0.1) is 0 Å². The number of likely N-dealkylation sites (tertiary alicyclic amines) is 1. The van der Waals surface area contributed by atoms with Gasteiger partial charge in [0.15, 0.2) is 11.5 Å². The number of ether oxygens (including phenoxy) is 2. The van der Waals surface area contributed by atoms with Crippen molar-refractivity contribution >= 4 is 5.91 Å². The Morgan fingerprint density at radius 1 is 1.03 bits per heavy atom. The van der Waals surface area contributed by atoms with Crippen molar-refractivity contribution in [2.75, 3.05) is 19.8 Å². The normalized spacial score (nSPS) is 18.1. The molecule has 2 aromatic carbocycles. The highest BCUT2D eigenvalue weighted by Crippen LogP contribution is 2.38. The predicted molar refractivity (Wildman–Crippen MR) is 114 cm³/mol. The molecule has 7 nitrogen and oxygen atoms in total. The molecule has 5 rings (SSSR count). The Bertz CT molecular complexity index is 1050. The van der Waals surface area contributed by atoms with Gasteiger partial charge in [0.25, 0.3) is 0 Å². The van der Waals surface area contributed by atoms with Crippen LogP contribution in [0.1, 0.15) is 43.2 Å². The summed E-state index contributed by atoms with van der Waals surface area (Å²) in [6.45, 7) is 2.08. The average Bonchev–Trinajstić information content (AvgIpc) is 3.43. The molecule has 1 fully saturated rings. The van der Waals surface area contributed by atoms with Crippen molar-refractivity contribution in [3.8, 4) is 22.9 Å². The largest absolute Gasteiger partial charge is 0.490 e. The zero-order valence-corrected chi connectivity index (χ0v) is 17.3. The molecule has 31 heavy (non-hydrogen) atoms. The van der Waals surface area contributed by atoms with Crippen molar-refractivity contribution < 1.29 is 18.8 Å². The molecule has 0 unspecified atom stereocenters. The molecule has 0 N–H and O–H groups in total. The minimum absolute atomic E-state index is 0.0622. The van der Waals surface area contributed by atoms with E-state index in [1.807, 2.05) is 53.4 Å². The topological polar surface area (TPSA) is 77.7 Å². The third-order valence-electron chi connectivity index (χ3n) is 5.78. The number of hydrogen-bond acceptors (Lipinski definition) is 6. The first-order chi connectivity index (χ1) is 15.3. The summed E-state index contributed by atoms with van der Waals surface area (Å²) in [7, 11) is 0. The van der Waals surface area contributed by atoms with E-state index in [1.165, 1.54) is 0 Å². The van der Waals surface area contributed by atoms with Crippen LogP contribution >= 0.6 is 0 Å². The second-order valence-corrected chi connectivity index (χ2v) is 7.88. The van der Waals surface area contributed by atoms with Crippen LogP contribution in [0.15, 0.2) is 53.1 Å². The lowest BCUT2D eigenvalue weighted by Gasteiger charge is -2.25. The monoisotopic (exact) mass is 419 g/mol. The van der Waals surface area contributed by atoms with Gasteiger partial charge in [-0.25, -0.2) is 0 Å². The molecule has 7 heteroatoms. The number of aromatic nitrogens is 2. The SMILES string of the molecule is O=C(CCc1nc(-c2ccccc2)no1)N1CCC[C@@H]1c1ccc2c(c1)OCCCO2. The van der Waals surface area contributed by atoms with Crippen molar-refractivity contribution in [3.05, 3.63) is 60.0 Å². The van der Waals surface area contributed by atoms with Crippen LogP contribution in [0.4, 0.5) is 0 Å². The van der Waals surface area contributed by atoms with Gasteiger partial charge >= 0.3 is 0 Å². The number of hydrogen-bond donors (Lipinski definition) is 0. The van der Waals surface area contributed by atoms with Crippen LogP contribution in [0.3, 0.4) is 0 Å². The third kappa shape index (κ3) is 4.26. The van der Waals surface area contributed by atoms with E-state index in [2.05, 4.69) is 10.1 Å². The summed E-state index contributed by atoms with van der Waals surface area (Å²) in [4.78, 5) is 19.4. The second kappa shape index (κ2) is 8.79. The molecule has 0 spiro atoms. The summed E-state index contributed by atoms with van der Waals surface area (Å²) in [5, 5.41) is 4.04. The van der Waals surface area contributed by atoms with Gasteiger partial charge in [-0.2, -0.15) is 4.98 Å². The molecule has 160 valence electrons. The van der Waals surface area contributed by atoms with Crippen LogP contribution < -0.4 is 9.47 Å². The van der Waals surface area contributed by atoms with Gasteiger partial charge in [0, 0.05) is 31.4 Å². The summed E-state index contributed by atoms with van der Waals surface area (Å²) in [6, 6.07) is 15.8. The molecular weight excluding hydrogens is 394 g/mol. The molecule has 3 aromatic rings. The molecule has 2 aliphatic heterocycles. The van der Waals surface area contributed by atoms with Crippen molar-refractivity contribution in [1.82, 2.24) is 15.0 Å². The highest BCUT2D eigenvalue weighted by molar-refractivity contribution is 5.77. The Kier molecular flexibility index (Phi) is 5.56. The zero-order valence-electron chi connectivity index (χ0n) is 17.3. The van der Waals surface area contributed by atoms with Gasteiger partial charge in [-0.05, 0) is 30.5 Å². The zero-order chi connectivity index (χ0) is 21.0. The summed E-state index contributed by atoms with van der Waals surface area (Å²) >= 11 is 0. The Hall–Kier alpha value is -3.35. The Morgan fingerprint density at radius 2 is 1.87 bits per heavy atom. The second-order valence-electron chi connectivity index (χ2n) is 7.88. The van der Waals surface area contributed by atoms with Gasteiger partial charge in [-0.1, -0.05) is 41.6 Å². The summed E-state index contributed by atoms with van der Waals surface area (Å²) < 4.78 is 16.9. The molecule has 1 aromatic heterocycles. The molecule has 1 saturated heterocycles. The molecule has 0 saturated carbocycles. The maximum atomic E-state index is 13.0. The fourth-order valence-electron chi connectivity index (χ4n) is 4.22. The van der Waals surface area contributed by atoms with E-state index >= 15 is 0 Å². The van der Waals surface area contributed by atoms with Crippen LogP contribution in [0.25, 0.3) is 11.4 Å². The van der Waals surface area contributed by atoms with E-state index < -0.39 is 0 Å². The van der Waals surface area contributed by atoms with Crippen LogP contribution in [-0.2, 0) is 11.2 Å². The Labute approximate surface area is 181 Å². The maximum Gasteiger partial charge on any atom is 0.227 e. The highest BCUT2D eigenvalue weighted by Gasteiger charge is 2.30. The van der Waals surface area contributed by atoms with Gasteiger partial charge in [0.05, 0.1) is 19.3 Å². The van der Waals surface area contributed by atoms with Crippen LogP contribution in [0.5, 0.6) is 11.5 Å². The van der Waals surface area contributed by atoms with E-state index in [9.17, 15) is 4.79 Å². The number of benzene rings is 2. The fraction of sp³-hybridized carbons (Fsp3) is 0.375. The van der Waals surface area contributed by atoms with Crippen molar-refractivity contribution in [1.29, 1.82) is 0 Å². The van der Waals surface area contributed by atoms with E-state index in [4.69, 9.17) is 14.0 Å². The van der Waals surface area contributed by atoms with Gasteiger partial charge < -0.3 is 18.9 Å². The van der Waals surface area contributed by atoms with E-state index in [1.54, 1.807) is 0 Å². The number of aryl methyl sites for hydroxylation is 1. The van der Waals surface area contributed by atoms with Crippen LogP contribution in [-0.4, -0.2) is 40.7 Å². The maximum absolute atomic E-state index is 13.0. The molecule has 0 radical (unpaired) electrons. The van der Waals surface area contributed by atoms with E-state index in [0.717, 1.165) is 48.4 Å². The molecule has 0 aliphatic carbocycles. The summed E-state index contributed by atoms with van der Waals surface area (Å²) in [5.74, 6) is 2.69. The number of amides is 1. The fourth-order valence-corrected chi connectivity index (χ4v) is 4.22.